The van der Waals surface area contributed by atoms with Crippen molar-refractivity contribution in [1.29, 1.82) is 0 Å². The summed E-state index contributed by atoms with van der Waals surface area (Å²) in [6.07, 6.45) is 0. The first-order valence-electron chi connectivity index (χ1n) is 12.6. The molecule has 37 heavy (non-hydrogen) atoms. The number of hydrogen-bond donors (Lipinski definition) is 0. The summed E-state index contributed by atoms with van der Waals surface area (Å²) in [6, 6.07) is 52.7. The highest BCUT2D eigenvalue weighted by atomic mass is 32.1. The molecule has 0 aliphatic heterocycles. The van der Waals surface area contributed by atoms with Gasteiger partial charge in [0.25, 0.3) is 0 Å². The van der Waals surface area contributed by atoms with Crippen LogP contribution in [0.25, 0.3) is 64.7 Å². The van der Waals surface area contributed by atoms with Crippen LogP contribution in [0.15, 0.2) is 146 Å². The van der Waals surface area contributed by atoms with Crippen LogP contribution in [0.1, 0.15) is 0 Å². The topological polar surface area (TPSA) is 0 Å². The second kappa shape index (κ2) is 9.20. The molecule has 1 aromatic heterocycles. The van der Waals surface area contributed by atoms with Crippen LogP contribution in [0, 0.1) is 0 Å². The monoisotopic (exact) mass is 488 g/mol. The van der Waals surface area contributed by atoms with E-state index >= 15 is 0 Å². The normalized spacial score (nSPS) is 11.2. The number of hydrogen-bond acceptors (Lipinski definition) is 1. The Morgan fingerprint density at radius 1 is 0.297 bits per heavy atom. The Morgan fingerprint density at radius 2 is 0.676 bits per heavy atom. The summed E-state index contributed by atoms with van der Waals surface area (Å²) in [6.45, 7) is 0. The molecule has 0 fully saturated rings. The molecule has 0 bridgehead atoms. The van der Waals surface area contributed by atoms with Crippen molar-refractivity contribution in [3.63, 3.8) is 0 Å². The molecular weight excluding hydrogens is 464 g/mol. The van der Waals surface area contributed by atoms with Crippen LogP contribution in [-0.2, 0) is 0 Å². The molecule has 0 saturated heterocycles. The van der Waals surface area contributed by atoms with Gasteiger partial charge in [-0.2, -0.15) is 0 Å². The average molecular weight is 489 g/mol. The van der Waals surface area contributed by atoms with E-state index in [1.54, 1.807) is 0 Å². The van der Waals surface area contributed by atoms with Crippen molar-refractivity contribution in [2.75, 3.05) is 0 Å². The maximum Gasteiger partial charge on any atom is 0.0349 e. The van der Waals surface area contributed by atoms with Gasteiger partial charge in [0.15, 0.2) is 0 Å². The van der Waals surface area contributed by atoms with E-state index in [1.807, 2.05) is 11.3 Å². The van der Waals surface area contributed by atoms with Crippen molar-refractivity contribution in [2.24, 2.45) is 0 Å². The van der Waals surface area contributed by atoms with Crippen molar-refractivity contribution in [3.05, 3.63) is 146 Å². The number of rotatable bonds is 4. The van der Waals surface area contributed by atoms with Gasteiger partial charge in [-0.3, -0.25) is 0 Å². The third kappa shape index (κ3) is 4.04. The fourth-order valence-electron chi connectivity index (χ4n) is 5.23. The van der Waals surface area contributed by atoms with Crippen molar-refractivity contribution in [2.45, 2.75) is 0 Å². The zero-order valence-corrected chi connectivity index (χ0v) is 21.1. The zero-order chi connectivity index (χ0) is 24.6. The van der Waals surface area contributed by atoms with Crippen LogP contribution >= 0.6 is 11.3 Å². The van der Waals surface area contributed by atoms with Crippen LogP contribution in [0.3, 0.4) is 0 Å². The van der Waals surface area contributed by atoms with Crippen molar-refractivity contribution in [3.8, 4) is 43.1 Å². The fourth-order valence-corrected chi connectivity index (χ4v) is 6.25. The van der Waals surface area contributed by atoms with Gasteiger partial charge in [-0.25, -0.2) is 0 Å². The lowest BCUT2D eigenvalue weighted by molar-refractivity contribution is 1.64. The second-order valence-corrected chi connectivity index (χ2v) is 10.5. The molecule has 6 aromatic carbocycles. The Labute approximate surface area is 221 Å². The molecule has 0 nitrogen and oxygen atoms in total. The van der Waals surface area contributed by atoms with Crippen LogP contribution in [0.5, 0.6) is 0 Å². The van der Waals surface area contributed by atoms with Gasteiger partial charge in [0.05, 0.1) is 0 Å². The standard InChI is InChI=1S/C36H24S/c1-3-11-31-25(7-1)9-5-13-33(31)27-15-19-29(20-16-27)35-23-24-36(37-35)30-21-17-28(18-22-30)34-14-6-10-26-8-2-4-12-32(26)34/h1-24H. The number of fused-ring (bicyclic) bond motifs is 2. The highest BCUT2D eigenvalue weighted by molar-refractivity contribution is 7.18. The van der Waals surface area contributed by atoms with E-state index in [9.17, 15) is 0 Å². The predicted octanol–water partition coefficient (Wildman–Crippen LogP) is 10.7. The van der Waals surface area contributed by atoms with E-state index in [0.29, 0.717) is 0 Å². The SMILES string of the molecule is c1ccc2c(-c3ccc(-c4ccc(-c5ccc(-c6cccc7ccccc67)cc5)s4)cc3)cccc2c1. The second-order valence-electron chi connectivity index (χ2n) is 9.37. The number of thiophene rings is 1. The summed E-state index contributed by atoms with van der Waals surface area (Å²) in [5, 5.41) is 5.14. The summed E-state index contributed by atoms with van der Waals surface area (Å²) in [5.41, 5.74) is 7.58. The maximum atomic E-state index is 2.25. The minimum absolute atomic E-state index is 1.25. The molecule has 0 spiro atoms. The van der Waals surface area contributed by atoms with E-state index in [4.69, 9.17) is 0 Å². The summed E-state index contributed by atoms with van der Waals surface area (Å²) in [5.74, 6) is 0. The van der Waals surface area contributed by atoms with Gasteiger partial charge in [-0.15, -0.1) is 11.3 Å². The Bertz CT molecular complexity index is 1710. The lowest BCUT2D eigenvalue weighted by atomic mass is 9.97. The molecular formula is C36H24S. The van der Waals surface area contributed by atoms with Gasteiger partial charge in [0.2, 0.25) is 0 Å². The van der Waals surface area contributed by atoms with Crippen molar-refractivity contribution in [1.82, 2.24) is 0 Å². The van der Waals surface area contributed by atoms with Crippen LogP contribution in [0.4, 0.5) is 0 Å². The Hall–Kier alpha value is -4.46. The molecule has 0 atom stereocenters. The molecule has 1 heteroatoms. The summed E-state index contributed by atoms with van der Waals surface area (Å²) in [7, 11) is 0. The largest absolute Gasteiger partial charge is 0.135 e. The molecule has 7 aromatic rings. The highest BCUT2D eigenvalue weighted by Crippen LogP contribution is 2.37. The van der Waals surface area contributed by atoms with Crippen LogP contribution in [-0.4, -0.2) is 0 Å². The van der Waals surface area contributed by atoms with Gasteiger partial charge in [-0.1, -0.05) is 133 Å². The van der Waals surface area contributed by atoms with E-state index in [2.05, 4.69) is 146 Å². The minimum atomic E-state index is 1.25. The lowest BCUT2D eigenvalue weighted by Gasteiger charge is -2.08. The number of benzene rings is 6. The Balaban J connectivity index is 1.16. The third-order valence-electron chi connectivity index (χ3n) is 7.15. The molecule has 0 radical (unpaired) electrons. The predicted molar refractivity (Wildman–Crippen MR) is 161 cm³/mol. The summed E-state index contributed by atoms with van der Waals surface area (Å²) >= 11 is 1.85. The van der Waals surface area contributed by atoms with E-state index in [1.165, 1.54) is 64.7 Å². The minimum Gasteiger partial charge on any atom is -0.135 e. The fraction of sp³-hybridized carbons (Fsp3) is 0. The zero-order valence-electron chi connectivity index (χ0n) is 20.3. The van der Waals surface area contributed by atoms with Gasteiger partial charge >= 0.3 is 0 Å². The van der Waals surface area contributed by atoms with Crippen LogP contribution in [0.2, 0.25) is 0 Å². The van der Waals surface area contributed by atoms with E-state index in [-0.39, 0.29) is 0 Å². The smallest absolute Gasteiger partial charge is 0.0349 e. The molecule has 0 N–H and O–H groups in total. The van der Waals surface area contributed by atoms with E-state index in [0.717, 1.165) is 0 Å². The maximum absolute atomic E-state index is 2.25. The molecule has 0 saturated carbocycles. The summed E-state index contributed by atoms with van der Waals surface area (Å²) < 4.78 is 0. The highest BCUT2D eigenvalue weighted by Gasteiger charge is 2.09. The molecule has 0 unspecified atom stereocenters. The quantitative estimate of drug-likeness (QED) is 0.231. The molecule has 174 valence electrons. The average Bonchev–Trinajstić information content (AvgIpc) is 3.47. The third-order valence-corrected chi connectivity index (χ3v) is 8.33. The first-order valence-corrected chi connectivity index (χ1v) is 13.4. The van der Waals surface area contributed by atoms with Gasteiger partial charge < -0.3 is 0 Å². The lowest BCUT2D eigenvalue weighted by Crippen LogP contribution is -1.82. The van der Waals surface area contributed by atoms with E-state index < -0.39 is 0 Å². The van der Waals surface area contributed by atoms with Gasteiger partial charge in [0.1, 0.15) is 0 Å². The molecule has 0 amide bonds. The molecule has 1 heterocycles. The molecule has 0 aliphatic carbocycles. The first-order chi connectivity index (χ1) is 18.3. The van der Waals surface area contributed by atoms with Crippen molar-refractivity contribution >= 4 is 32.9 Å². The molecule has 0 aliphatic rings. The van der Waals surface area contributed by atoms with Gasteiger partial charge in [0, 0.05) is 9.75 Å². The summed E-state index contributed by atoms with van der Waals surface area (Å²) in [4.78, 5) is 2.58. The first kappa shape index (κ1) is 21.8. The van der Waals surface area contributed by atoms with Crippen molar-refractivity contribution < 1.29 is 0 Å². The molecule has 7 rings (SSSR count). The van der Waals surface area contributed by atoms with Gasteiger partial charge in [-0.05, 0) is 67.1 Å². The Morgan fingerprint density at radius 3 is 1.14 bits per heavy atom. The Kier molecular flexibility index (Phi) is 5.42. The van der Waals surface area contributed by atoms with Crippen LogP contribution < -0.4 is 0 Å².